The van der Waals surface area contributed by atoms with E-state index in [-0.39, 0.29) is 44.8 Å². The number of nitrogens with two attached hydrogens (primary N) is 1. The molecule has 0 spiro atoms. The van der Waals surface area contributed by atoms with E-state index in [1.165, 1.54) is 4.90 Å². The molecule has 0 radical (unpaired) electrons. The van der Waals surface area contributed by atoms with Gasteiger partial charge in [0, 0.05) is 103 Å². The summed E-state index contributed by atoms with van der Waals surface area (Å²) in [6.45, 7) is 4.00. The van der Waals surface area contributed by atoms with Crippen molar-refractivity contribution in [3.63, 3.8) is 0 Å². The van der Waals surface area contributed by atoms with Crippen molar-refractivity contribution in [2.24, 2.45) is 5.73 Å². The predicted octanol–water partition coefficient (Wildman–Crippen LogP) is 4.15. The van der Waals surface area contributed by atoms with Crippen LogP contribution in [-0.4, -0.2) is 138 Å². The fraction of sp³-hybridized carbons (Fsp3) is 0.333. The minimum atomic E-state index is -0.599. The number of halogens is 4. The van der Waals surface area contributed by atoms with E-state index in [2.05, 4.69) is 68.5 Å². The van der Waals surface area contributed by atoms with Crippen LogP contribution in [0.3, 0.4) is 0 Å². The first-order valence-electron chi connectivity index (χ1n) is 16.5. The first-order valence-corrected chi connectivity index (χ1v) is 19.6. The molecule has 2 aliphatic rings. The lowest BCUT2D eigenvalue weighted by Gasteiger charge is -2.30. The zero-order valence-corrected chi connectivity index (χ0v) is 34.7. The second-order valence-corrected chi connectivity index (χ2v) is 15.1. The van der Waals surface area contributed by atoms with Gasteiger partial charge in [0.2, 0.25) is 0 Å². The second kappa shape index (κ2) is 20.3. The summed E-state index contributed by atoms with van der Waals surface area (Å²) in [6, 6.07) is 13.9. The van der Waals surface area contributed by atoms with Crippen molar-refractivity contribution in [3.05, 3.63) is 88.7 Å². The van der Waals surface area contributed by atoms with Gasteiger partial charge in [-0.3, -0.25) is 24.3 Å². The van der Waals surface area contributed by atoms with Crippen LogP contribution in [0.25, 0.3) is 21.5 Å². The van der Waals surface area contributed by atoms with Crippen molar-refractivity contribution in [1.82, 2.24) is 14.7 Å². The third kappa shape index (κ3) is 9.96. The topological polar surface area (TPSA) is 194 Å². The monoisotopic (exact) mass is 986 g/mol. The van der Waals surface area contributed by atoms with Gasteiger partial charge in [0.05, 0.1) is 37.6 Å². The number of carbonyl (C=O) groups excluding carboxylic acids is 4. The van der Waals surface area contributed by atoms with Crippen molar-refractivity contribution in [2.45, 2.75) is 0 Å². The lowest BCUT2D eigenvalue weighted by molar-refractivity contribution is 0.0389. The van der Waals surface area contributed by atoms with E-state index in [1.54, 1.807) is 36.4 Å². The standard InChI is InChI=1S/C18H18Br2N2O4.C12H4Br2O3.C6H16N2O2/c19-13-3-1-11-15-12(2-4-14(20)16(13)15)18(26)22(17(11)25)6-5-21(7-9-23)8-10-24;13-7-3-1-5-9-6(12(16)17-11(5)15)2-4-8(14)10(7)9;7-1-2-8(3-5-9)4-6-10/h1-4,23-24H,5-10H2;1-4H;9-10H,1-7H2. The molecule has 0 fully saturated rings. The number of amides is 2. The van der Waals surface area contributed by atoms with Gasteiger partial charge in [0.15, 0.2) is 0 Å². The highest BCUT2D eigenvalue weighted by atomic mass is 79.9. The molecule has 4 aromatic rings. The first kappa shape index (κ1) is 43.1. The molecule has 0 aromatic heterocycles. The van der Waals surface area contributed by atoms with E-state index < -0.39 is 11.9 Å². The summed E-state index contributed by atoms with van der Waals surface area (Å²) in [7, 11) is 0. The molecule has 13 nitrogen and oxygen atoms in total. The maximum absolute atomic E-state index is 12.9. The van der Waals surface area contributed by atoms with E-state index in [4.69, 9.17) is 26.2 Å². The molecule has 284 valence electrons. The van der Waals surface area contributed by atoms with Crippen LogP contribution in [-0.2, 0) is 4.74 Å². The maximum Gasteiger partial charge on any atom is 0.346 e. The van der Waals surface area contributed by atoms with Crippen molar-refractivity contribution < 1.29 is 44.3 Å². The van der Waals surface area contributed by atoms with Gasteiger partial charge in [-0.15, -0.1) is 0 Å². The van der Waals surface area contributed by atoms with Gasteiger partial charge in [-0.2, -0.15) is 0 Å². The molecule has 2 aliphatic heterocycles. The number of hydrogen-bond donors (Lipinski definition) is 5. The molecule has 6 rings (SSSR count). The van der Waals surface area contributed by atoms with Crippen molar-refractivity contribution in [1.29, 1.82) is 0 Å². The molecule has 6 N–H and O–H groups in total. The molecule has 0 aliphatic carbocycles. The Labute approximate surface area is 339 Å². The van der Waals surface area contributed by atoms with Crippen molar-refractivity contribution >= 4 is 109 Å². The number of ether oxygens (including phenoxy) is 1. The summed E-state index contributed by atoms with van der Waals surface area (Å²) in [6.07, 6.45) is 0. The highest BCUT2D eigenvalue weighted by Crippen LogP contribution is 2.39. The Bertz CT molecular complexity index is 1870. The fourth-order valence-corrected chi connectivity index (χ4v) is 8.67. The highest BCUT2D eigenvalue weighted by molar-refractivity contribution is 9.11. The van der Waals surface area contributed by atoms with Crippen LogP contribution in [0.5, 0.6) is 0 Å². The Morgan fingerprint density at radius 3 is 1.21 bits per heavy atom. The molecular weight excluding hydrogens is 952 g/mol. The zero-order valence-electron chi connectivity index (χ0n) is 28.4. The van der Waals surface area contributed by atoms with Gasteiger partial charge in [-0.05, 0) is 48.5 Å². The number of imide groups is 1. The minimum Gasteiger partial charge on any atom is -0.395 e. The lowest BCUT2D eigenvalue weighted by atomic mass is 9.94. The van der Waals surface area contributed by atoms with Gasteiger partial charge in [0.1, 0.15) is 0 Å². The molecule has 0 bridgehead atoms. The van der Waals surface area contributed by atoms with Crippen molar-refractivity contribution in [2.75, 3.05) is 78.8 Å². The number of carbonyl (C=O) groups is 4. The Morgan fingerprint density at radius 1 is 0.509 bits per heavy atom. The second-order valence-electron chi connectivity index (χ2n) is 11.7. The molecule has 4 aromatic carbocycles. The zero-order chi connectivity index (χ0) is 38.8. The maximum atomic E-state index is 12.9. The van der Waals surface area contributed by atoms with Gasteiger partial charge in [0.25, 0.3) is 11.8 Å². The summed E-state index contributed by atoms with van der Waals surface area (Å²) in [5.41, 5.74) is 7.11. The van der Waals surface area contributed by atoms with E-state index >= 15 is 0 Å². The molecule has 0 atom stereocenters. The Morgan fingerprint density at radius 2 is 0.849 bits per heavy atom. The van der Waals surface area contributed by atoms with Crippen molar-refractivity contribution in [3.8, 4) is 0 Å². The molecular formula is C36H38Br4N4O9. The van der Waals surface area contributed by atoms with Crippen LogP contribution in [0.1, 0.15) is 41.4 Å². The molecule has 0 saturated heterocycles. The van der Waals surface area contributed by atoms with Crippen LogP contribution in [0.15, 0.2) is 66.4 Å². The number of cyclic esters (lactones) is 2. The van der Waals surface area contributed by atoms with Gasteiger partial charge in [-0.25, -0.2) is 9.59 Å². The largest absolute Gasteiger partial charge is 0.395 e. The number of hydrogen-bond acceptors (Lipinski definition) is 12. The number of nitrogens with zero attached hydrogens (tertiary/aromatic N) is 3. The summed E-state index contributed by atoms with van der Waals surface area (Å²) in [4.78, 5) is 54.1. The SMILES string of the molecule is NCCN(CCO)CCO.O=C1OC(=O)c2ccc(Br)c3c(Br)ccc1c23.O=C1c2ccc(Br)c3c(Br)ccc(c23)C(=O)N1CCN(CCO)CCO. The van der Waals surface area contributed by atoms with Crippen LogP contribution < -0.4 is 5.73 Å². The van der Waals surface area contributed by atoms with E-state index in [1.807, 2.05) is 21.9 Å². The fourth-order valence-electron chi connectivity index (χ4n) is 5.96. The summed E-state index contributed by atoms with van der Waals surface area (Å²) >= 11 is 13.8. The Hall–Kier alpha value is -2.68. The number of aliphatic hydroxyl groups is 4. The molecule has 53 heavy (non-hydrogen) atoms. The summed E-state index contributed by atoms with van der Waals surface area (Å²) < 4.78 is 7.96. The van der Waals surface area contributed by atoms with Crippen LogP contribution in [0.2, 0.25) is 0 Å². The molecule has 17 heteroatoms. The smallest absolute Gasteiger partial charge is 0.346 e. The lowest BCUT2D eigenvalue weighted by Crippen LogP contribution is -2.45. The van der Waals surface area contributed by atoms with Gasteiger partial charge < -0.3 is 30.9 Å². The van der Waals surface area contributed by atoms with Crippen LogP contribution >= 0.6 is 63.7 Å². The predicted molar refractivity (Wildman–Crippen MR) is 214 cm³/mol. The van der Waals surface area contributed by atoms with Crippen LogP contribution in [0.4, 0.5) is 0 Å². The first-order chi connectivity index (χ1) is 25.4. The summed E-state index contributed by atoms with van der Waals surface area (Å²) in [5, 5.41) is 38.2. The minimum absolute atomic E-state index is 0.0495. The number of benzene rings is 4. The molecule has 0 saturated carbocycles. The Kier molecular flexibility index (Phi) is 16.5. The van der Waals surface area contributed by atoms with E-state index in [9.17, 15) is 19.2 Å². The third-order valence-corrected chi connectivity index (χ3v) is 11.1. The molecule has 2 heterocycles. The van der Waals surface area contributed by atoms with Gasteiger partial charge >= 0.3 is 11.9 Å². The van der Waals surface area contributed by atoms with E-state index in [0.29, 0.717) is 72.3 Å². The normalized spacial score (nSPS) is 13.4. The summed E-state index contributed by atoms with van der Waals surface area (Å²) in [5.74, 6) is -1.85. The quantitative estimate of drug-likeness (QED) is 0.0732. The highest BCUT2D eigenvalue weighted by Gasteiger charge is 2.34. The van der Waals surface area contributed by atoms with E-state index in [0.717, 1.165) is 35.2 Å². The number of aliphatic hydroxyl groups excluding tert-OH is 4. The van der Waals surface area contributed by atoms with Crippen LogP contribution in [0, 0.1) is 0 Å². The third-order valence-electron chi connectivity index (χ3n) is 8.44. The average Bonchev–Trinajstić information content (AvgIpc) is 3.12. The number of esters is 2. The molecule has 2 amide bonds. The average molecular weight is 990 g/mol. The number of rotatable bonds is 13. The Balaban J connectivity index is 0.000000199. The molecule has 0 unspecified atom stereocenters. The van der Waals surface area contributed by atoms with Gasteiger partial charge in [-0.1, -0.05) is 63.7 Å².